The number of aromatic nitrogens is 3. The molecular formula is C12H22N4O. The zero-order chi connectivity index (χ0) is 12.3. The fourth-order valence-corrected chi connectivity index (χ4v) is 2.60. The molecule has 1 aromatic rings. The molecule has 96 valence electrons. The summed E-state index contributed by atoms with van der Waals surface area (Å²) < 4.78 is 5.78. The third-order valence-corrected chi connectivity index (χ3v) is 4.09. The van der Waals surface area contributed by atoms with Crippen LogP contribution in [0.2, 0.25) is 0 Å². The molecule has 0 bridgehead atoms. The van der Waals surface area contributed by atoms with Crippen molar-refractivity contribution in [1.82, 2.24) is 20.5 Å². The molecule has 1 heterocycles. The van der Waals surface area contributed by atoms with Gasteiger partial charge in [0.1, 0.15) is 12.2 Å². The fourth-order valence-electron chi connectivity index (χ4n) is 2.60. The molecule has 1 aromatic heterocycles. The Morgan fingerprint density at radius 2 is 2.41 bits per heavy atom. The third kappa shape index (κ3) is 2.35. The van der Waals surface area contributed by atoms with Gasteiger partial charge in [-0.2, -0.15) is 5.10 Å². The van der Waals surface area contributed by atoms with Crippen molar-refractivity contribution < 1.29 is 4.74 Å². The molecule has 2 rings (SSSR count). The molecular weight excluding hydrogens is 216 g/mol. The van der Waals surface area contributed by atoms with Crippen LogP contribution in [-0.4, -0.2) is 33.9 Å². The molecule has 1 aliphatic carbocycles. The van der Waals surface area contributed by atoms with Gasteiger partial charge in [-0.25, -0.2) is 4.98 Å². The van der Waals surface area contributed by atoms with Crippen LogP contribution in [0, 0.1) is 5.41 Å². The maximum absolute atomic E-state index is 5.78. The fraction of sp³-hybridized carbons (Fsp3) is 0.833. The molecule has 0 spiro atoms. The van der Waals surface area contributed by atoms with Gasteiger partial charge >= 0.3 is 0 Å². The van der Waals surface area contributed by atoms with Crippen molar-refractivity contribution in [3.8, 4) is 0 Å². The molecule has 17 heavy (non-hydrogen) atoms. The average Bonchev–Trinajstić information content (AvgIpc) is 2.84. The van der Waals surface area contributed by atoms with E-state index in [-0.39, 0.29) is 5.41 Å². The Balaban J connectivity index is 1.86. The molecule has 0 saturated heterocycles. The molecule has 0 radical (unpaired) electrons. The first-order valence-corrected chi connectivity index (χ1v) is 6.40. The van der Waals surface area contributed by atoms with E-state index in [4.69, 9.17) is 4.74 Å². The lowest BCUT2D eigenvalue weighted by molar-refractivity contribution is -0.126. The third-order valence-electron chi connectivity index (χ3n) is 4.09. The molecule has 0 aliphatic heterocycles. The lowest BCUT2D eigenvalue weighted by Gasteiger charge is -2.53. The number of nitrogens with one attached hydrogen (secondary N) is 2. The predicted octanol–water partition coefficient (Wildman–Crippen LogP) is 1.49. The van der Waals surface area contributed by atoms with Crippen LogP contribution < -0.4 is 5.32 Å². The van der Waals surface area contributed by atoms with Crippen LogP contribution in [0.3, 0.4) is 0 Å². The largest absolute Gasteiger partial charge is 0.378 e. The minimum absolute atomic E-state index is 0.246. The van der Waals surface area contributed by atoms with E-state index in [1.165, 1.54) is 0 Å². The quantitative estimate of drug-likeness (QED) is 0.788. The maximum Gasteiger partial charge on any atom is 0.138 e. The summed E-state index contributed by atoms with van der Waals surface area (Å²) in [5.74, 6) is 0.892. The van der Waals surface area contributed by atoms with Crippen LogP contribution in [0.1, 0.15) is 39.4 Å². The molecule has 3 unspecified atom stereocenters. The zero-order valence-electron chi connectivity index (χ0n) is 10.9. The van der Waals surface area contributed by atoms with Crippen LogP contribution in [0.15, 0.2) is 6.33 Å². The first-order chi connectivity index (χ1) is 8.20. The van der Waals surface area contributed by atoms with Crippen molar-refractivity contribution >= 4 is 0 Å². The van der Waals surface area contributed by atoms with E-state index >= 15 is 0 Å². The molecule has 5 nitrogen and oxygen atoms in total. The SMILES string of the molecule is CCOC1CC(NCc2ncn[nH]2)C1(C)CC. The van der Waals surface area contributed by atoms with Crippen LogP contribution in [0.25, 0.3) is 0 Å². The van der Waals surface area contributed by atoms with Gasteiger partial charge in [0, 0.05) is 18.1 Å². The van der Waals surface area contributed by atoms with Crippen LogP contribution in [0.5, 0.6) is 0 Å². The van der Waals surface area contributed by atoms with Gasteiger partial charge in [0.15, 0.2) is 0 Å². The standard InChI is InChI=1S/C12H22N4O/c1-4-12(3)9(6-10(12)17-5-2)13-7-11-14-8-15-16-11/h8-10,13H,4-7H2,1-3H3,(H,14,15,16). The number of hydrogen-bond donors (Lipinski definition) is 2. The summed E-state index contributed by atoms with van der Waals surface area (Å²) in [6, 6.07) is 0.508. The number of aromatic amines is 1. The summed E-state index contributed by atoms with van der Waals surface area (Å²) in [5.41, 5.74) is 0.246. The van der Waals surface area contributed by atoms with Gasteiger partial charge in [-0.3, -0.25) is 5.10 Å². The summed E-state index contributed by atoms with van der Waals surface area (Å²) in [6.45, 7) is 8.14. The second-order valence-corrected chi connectivity index (χ2v) is 4.90. The lowest BCUT2D eigenvalue weighted by Crippen LogP contribution is -2.62. The van der Waals surface area contributed by atoms with Gasteiger partial charge in [-0.15, -0.1) is 0 Å². The first kappa shape index (κ1) is 12.5. The number of ether oxygens (including phenoxy) is 1. The van der Waals surface area contributed by atoms with Crippen LogP contribution >= 0.6 is 0 Å². The first-order valence-electron chi connectivity index (χ1n) is 6.40. The van der Waals surface area contributed by atoms with E-state index in [1.807, 2.05) is 0 Å². The Kier molecular flexibility index (Phi) is 3.79. The molecule has 0 aromatic carbocycles. The van der Waals surface area contributed by atoms with Gasteiger partial charge in [0.25, 0.3) is 0 Å². The van der Waals surface area contributed by atoms with Crippen molar-refractivity contribution in [2.45, 2.75) is 52.3 Å². The molecule has 3 atom stereocenters. The van der Waals surface area contributed by atoms with Crippen molar-refractivity contribution in [2.75, 3.05) is 6.61 Å². The second kappa shape index (κ2) is 5.14. The normalized spacial score (nSPS) is 32.4. The molecule has 1 fully saturated rings. The molecule has 1 aliphatic rings. The van der Waals surface area contributed by atoms with E-state index in [1.54, 1.807) is 6.33 Å². The lowest BCUT2D eigenvalue weighted by atomic mass is 9.61. The highest BCUT2D eigenvalue weighted by atomic mass is 16.5. The van der Waals surface area contributed by atoms with Gasteiger partial charge in [0.2, 0.25) is 0 Å². The van der Waals surface area contributed by atoms with Crippen LogP contribution in [0.4, 0.5) is 0 Å². The highest BCUT2D eigenvalue weighted by Crippen LogP contribution is 2.45. The smallest absolute Gasteiger partial charge is 0.138 e. The summed E-state index contributed by atoms with van der Waals surface area (Å²) in [4.78, 5) is 4.12. The minimum Gasteiger partial charge on any atom is -0.378 e. The Hall–Kier alpha value is -0.940. The van der Waals surface area contributed by atoms with Gasteiger partial charge in [-0.05, 0) is 19.8 Å². The molecule has 2 N–H and O–H groups in total. The van der Waals surface area contributed by atoms with E-state index in [0.29, 0.717) is 12.1 Å². The Labute approximate surface area is 102 Å². The Bertz CT molecular complexity index is 340. The monoisotopic (exact) mass is 238 g/mol. The molecule has 0 amide bonds. The minimum atomic E-state index is 0.246. The Morgan fingerprint density at radius 1 is 1.59 bits per heavy atom. The van der Waals surface area contributed by atoms with Crippen molar-refractivity contribution in [3.05, 3.63) is 12.2 Å². The van der Waals surface area contributed by atoms with E-state index < -0.39 is 0 Å². The summed E-state index contributed by atoms with van der Waals surface area (Å²) >= 11 is 0. The topological polar surface area (TPSA) is 62.8 Å². The average molecular weight is 238 g/mol. The summed E-state index contributed by atoms with van der Waals surface area (Å²) in [7, 11) is 0. The second-order valence-electron chi connectivity index (χ2n) is 4.90. The van der Waals surface area contributed by atoms with E-state index in [2.05, 4.69) is 41.3 Å². The number of H-pyrrole nitrogens is 1. The van der Waals surface area contributed by atoms with Crippen molar-refractivity contribution in [1.29, 1.82) is 0 Å². The highest BCUT2D eigenvalue weighted by Gasteiger charge is 2.50. The molecule has 1 saturated carbocycles. The van der Waals surface area contributed by atoms with Crippen LogP contribution in [-0.2, 0) is 11.3 Å². The van der Waals surface area contributed by atoms with Gasteiger partial charge in [0.05, 0.1) is 12.6 Å². The number of rotatable bonds is 6. The van der Waals surface area contributed by atoms with E-state index in [9.17, 15) is 0 Å². The maximum atomic E-state index is 5.78. The molecule has 5 heteroatoms. The van der Waals surface area contributed by atoms with Crippen molar-refractivity contribution in [2.24, 2.45) is 5.41 Å². The zero-order valence-corrected chi connectivity index (χ0v) is 10.9. The predicted molar refractivity (Wildman–Crippen MR) is 65.4 cm³/mol. The van der Waals surface area contributed by atoms with Crippen molar-refractivity contribution in [3.63, 3.8) is 0 Å². The summed E-state index contributed by atoms with van der Waals surface area (Å²) in [6.07, 6.45) is 4.16. The Morgan fingerprint density at radius 3 is 3.00 bits per heavy atom. The summed E-state index contributed by atoms with van der Waals surface area (Å²) in [5, 5.41) is 10.2. The van der Waals surface area contributed by atoms with Gasteiger partial charge < -0.3 is 10.1 Å². The number of nitrogens with zero attached hydrogens (tertiary/aromatic N) is 2. The highest BCUT2D eigenvalue weighted by molar-refractivity contribution is 5.05. The van der Waals surface area contributed by atoms with Gasteiger partial charge in [-0.1, -0.05) is 13.8 Å². The van der Waals surface area contributed by atoms with E-state index in [0.717, 1.165) is 31.8 Å². The number of hydrogen-bond acceptors (Lipinski definition) is 4.